The van der Waals surface area contributed by atoms with E-state index in [0.29, 0.717) is 17.4 Å². The third-order valence-corrected chi connectivity index (χ3v) is 10.3. The van der Waals surface area contributed by atoms with Crippen molar-refractivity contribution in [1.29, 1.82) is 0 Å². The molecule has 10 heteroatoms. The second kappa shape index (κ2) is 39.2. The predicted molar refractivity (Wildman–Crippen MR) is 238 cm³/mol. The monoisotopic (exact) mass is 823 g/mol. The van der Waals surface area contributed by atoms with Gasteiger partial charge in [-0.15, -0.1) is 0 Å². The van der Waals surface area contributed by atoms with Gasteiger partial charge in [0.1, 0.15) is 19.8 Å². The Morgan fingerprint density at radius 2 is 1.00 bits per heavy atom. The van der Waals surface area contributed by atoms with Crippen molar-refractivity contribution < 1.29 is 42.1 Å². The molecule has 0 fully saturated rings. The number of hydrogen-bond acceptors (Lipinski definition) is 7. The lowest BCUT2D eigenvalue weighted by molar-refractivity contribution is -0.870. The smallest absolute Gasteiger partial charge is 0.462 e. The van der Waals surface area contributed by atoms with Gasteiger partial charge in [-0.2, -0.15) is 0 Å². The number of quaternary nitrogens is 1. The molecule has 0 saturated heterocycles. The Morgan fingerprint density at radius 1 is 0.561 bits per heavy atom. The van der Waals surface area contributed by atoms with Gasteiger partial charge < -0.3 is 18.9 Å². The van der Waals surface area contributed by atoms with Gasteiger partial charge in [-0.3, -0.25) is 18.6 Å². The quantitative estimate of drug-likeness (QED) is 0.0214. The summed E-state index contributed by atoms with van der Waals surface area (Å²) in [6.07, 6.45) is 46.9. The van der Waals surface area contributed by atoms with Gasteiger partial charge in [-0.05, 0) is 57.8 Å². The van der Waals surface area contributed by atoms with Crippen LogP contribution >= 0.6 is 7.82 Å². The van der Waals surface area contributed by atoms with E-state index in [1.54, 1.807) is 0 Å². The lowest BCUT2D eigenvalue weighted by Crippen LogP contribution is -2.37. The molecule has 330 valence electrons. The van der Waals surface area contributed by atoms with Gasteiger partial charge in [-0.1, -0.05) is 164 Å². The number of nitrogens with zero attached hydrogens (tertiary/aromatic N) is 1. The minimum atomic E-state index is -4.39. The Hall–Kier alpha value is -2.29. The molecule has 0 heterocycles. The summed E-state index contributed by atoms with van der Waals surface area (Å²) in [6.45, 7) is 4.27. The van der Waals surface area contributed by atoms with E-state index in [1.807, 2.05) is 21.1 Å². The minimum absolute atomic E-state index is 0.0233. The van der Waals surface area contributed by atoms with Crippen LogP contribution in [0.1, 0.15) is 174 Å². The molecule has 0 aromatic heterocycles. The SMILES string of the molecule is CC/C=C\C/C=C\C/C=C\C/C=C\C/C=C\CCCCCC(=O)O[C@H](COC(=O)CCCCCCCCCCCCCCCC)COP(=O)(O)OCC[N+](C)(C)C. The van der Waals surface area contributed by atoms with Crippen LogP contribution in [0.25, 0.3) is 0 Å². The van der Waals surface area contributed by atoms with Crippen LogP contribution in [0.4, 0.5) is 0 Å². The summed E-state index contributed by atoms with van der Waals surface area (Å²) in [7, 11) is 1.45. The van der Waals surface area contributed by atoms with Crippen molar-refractivity contribution >= 4 is 19.8 Å². The minimum Gasteiger partial charge on any atom is -0.462 e. The van der Waals surface area contributed by atoms with Crippen molar-refractivity contribution in [3.05, 3.63) is 60.8 Å². The van der Waals surface area contributed by atoms with Crippen molar-refractivity contribution in [2.24, 2.45) is 0 Å². The van der Waals surface area contributed by atoms with Crippen molar-refractivity contribution in [3.8, 4) is 0 Å². The molecule has 57 heavy (non-hydrogen) atoms. The fourth-order valence-electron chi connectivity index (χ4n) is 5.80. The molecule has 0 spiro atoms. The lowest BCUT2D eigenvalue weighted by atomic mass is 10.0. The molecule has 0 aromatic rings. The van der Waals surface area contributed by atoms with Crippen LogP contribution in [-0.2, 0) is 32.7 Å². The summed E-state index contributed by atoms with van der Waals surface area (Å²) in [5.74, 6) is -0.836. The number of phosphoric ester groups is 1. The average Bonchev–Trinajstić information content (AvgIpc) is 3.16. The molecular formula is C47H85NO8P+. The summed E-state index contributed by atoms with van der Waals surface area (Å²) in [4.78, 5) is 35.4. The fraction of sp³-hybridized carbons (Fsp3) is 0.745. The first-order chi connectivity index (χ1) is 27.5. The van der Waals surface area contributed by atoms with Gasteiger partial charge in [0.15, 0.2) is 6.10 Å². The summed E-state index contributed by atoms with van der Waals surface area (Å²) in [5.41, 5.74) is 0. The molecule has 9 nitrogen and oxygen atoms in total. The van der Waals surface area contributed by atoms with Crippen molar-refractivity contribution in [3.63, 3.8) is 0 Å². The topological polar surface area (TPSA) is 108 Å². The number of allylic oxidation sites excluding steroid dienone is 10. The number of carbonyl (C=O) groups is 2. The molecule has 0 radical (unpaired) electrons. The standard InChI is InChI=1S/C47H84NO8P/c1-6-8-10-12-14-16-18-20-22-23-24-25-26-28-30-32-34-36-38-40-47(50)56-45(44-55-57(51,52)54-42-41-48(3,4)5)43-53-46(49)39-37-35-33-31-29-27-21-19-17-15-13-11-9-7-2/h8,10,14,16,20,22,24-25,28,30,45H,6-7,9,11-13,15,17-19,21,23,26-27,29,31-44H2,1-5H3/p+1/b10-8-,16-14-,22-20-,25-24-,30-28-/t45-/m1/s1. The molecule has 0 bridgehead atoms. The molecule has 1 unspecified atom stereocenters. The molecule has 0 amide bonds. The van der Waals surface area contributed by atoms with Gasteiger partial charge in [0.2, 0.25) is 0 Å². The fourth-order valence-corrected chi connectivity index (χ4v) is 6.55. The van der Waals surface area contributed by atoms with Crippen LogP contribution in [0.2, 0.25) is 0 Å². The normalized spacial score (nSPS) is 14.1. The highest BCUT2D eigenvalue weighted by molar-refractivity contribution is 7.47. The Bertz CT molecular complexity index is 1160. The van der Waals surface area contributed by atoms with Gasteiger partial charge in [0.25, 0.3) is 0 Å². The van der Waals surface area contributed by atoms with E-state index >= 15 is 0 Å². The molecule has 0 saturated carbocycles. The third kappa shape index (κ3) is 43.1. The van der Waals surface area contributed by atoms with E-state index in [9.17, 15) is 19.0 Å². The molecule has 0 aliphatic carbocycles. The summed E-state index contributed by atoms with van der Waals surface area (Å²) < 4.78 is 34.3. The maximum absolute atomic E-state index is 12.7. The van der Waals surface area contributed by atoms with Crippen LogP contribution < -0.4 is 0 Å². The zero-order chi connectivity index (χ0) is 42.1. The molecule has 0 aromatic carbocycles. The highest BCUT2D eigenvalue weighted by Gasteiger charge is 2.27. The van der Waals surface area contributed by atoms with Crippen LogP contribution in [0, 0.1) is 0 Å². The highest BCUT2D eigenvalue weighted by Crippen LogP contribution is 2.43. The molecular weight excluding hydrogens is 737 g/mol. The van der Waals surface area contributed by atoms with E-state index in [-0.39, 0.29) is 32.0 Å². The number of hydrogen-bond donors (Lipinski definition) is 1. The van der Waals surface area contributed by atoms with Gasteiger partial charge in [0, 0.05) is 12.8 Å². The lowest BCUT2D eigenvalue weighted by Gasteiger charge is -2.24. The van der Waals surface area contributed by atoms with E-state index in [0.717, 1.165) is 70.6 Å². The van der Waals surface area contributed by atoms with Gasteiger partial charge >= 0.3 is 19.8 Å². The number of carbonyl (C=O) groups excluding carboxylic acids is 2. The van der Waals surface area contributed by atoms with E-state index in [2.05, 4.69) is 74.6 Å². The number of unbranched alkanes of at least 4 members (excludes halogenated alkanes) is 16. The zero-order valence-electron chi connectivity index (χ0n) is 37.1. The number of rotatable bonds is 40. The summed E-state index contributed by atoms with van der Waals surface area (Å²) >= 11 is 0. The second-order valence-corrected chi connectivity index (χ2v) is 17.5. The van der Waals surface area contributed by atoms with Crippen LogP contribution in [0.15, 0.2) is 60.8 Å². The zero-order valence-corrected chi connectivity index (χ0v) is 38.0. The molecule has 2 atom stereocenters. The maximum Gasteiger partial charge on any atom is 0.472 e. The maximum atomic E-state index is 12.7. The van der Waals surface area contributed by atoms with Crippen LogP contribution in [-0.4, -0.2) is 74.9 Å². The van der Waals surface area contributed by atoms with Crippen molar-refractivity contribution in [1.82, 2.24) is 0 Å². The Labute approximate surface area is 349 Å². The largest absolute Gasteiger partial charge is 0.472 e. The van der Waals surface area contributed by atoms with E-state index < -0.39 is 26.5 Å². The Morgan fingerprint density at radius 3 is 1.49 bits per heavy atom. The molecule has 0 aliphatic heterocycles. The molecule has 1 N–H and O–H groups in total. The summed E-state index contributed by atoms with van der Waals surface area (Å²) in [6, 6.07) is 0. The predicted octanol–water partition coefficient (Wildman–Crippen LogP) is 12.9. The van der Waals surface area contributed by atoms with Crippen molar-refractivity contribution in [2.75, 3.05) is 47.5 Å². The van der Waals surface area contributed by atoms with Crippen LogP contribution in [0.5, 0.6) is 0 Å². The summed E-state index contributed by atoms with van der Waals surface area (Å²) in [5, 5.41) is 0. The first-order valence-electron chi connectivity index (χ1n) is 22.5. The molecule has 0 aliphatic rings. The number of ether oxygens (including phenoxy) is 2. The van der Waals surface area contributed by atoms with Gasteiger partial charge in [-0.25, -0.2) is 4.57 Å². The number of phosphoric acid groups is 1. The first-order valence-corrected chi connectivity index (χ1v) is 24.0. The molecule has 0 rings (SSSR count). The van der Waals surface area contributed by atoms with E-state index in [4.69, 9.17) is 18.5 Å². The average molecular weight is 823 g/mol. The number of esters is 2. The Kier molecular flexibility index (Phi) is 37.6. The van der Waals surface area contributed by atoms with E-state index in [1.165, 1.54) is 70.6 Å². The first kappa shape index (κ1) is 54.7. The Balaban J connectivity index is 4.42. The third-order valence-electron chi connectivity index (χ3n) is 9.31. The van der Waals surface area contributed by atoms with Crippen molar-refractivity contribution in [2.45, 2.75) is 180 Å². The second-order valence-electron chi connectivity index (χ2n) is 16.1. The van der Waals surface area contributed by atoms with Gasteiger partial charge in [0.05, 0.1) is 27.7 Å². The number of likely N-dealkylation sites (N-methyl/N-ethyl adjacent to an activating group) is 1. The van der Waals surface area contributed by atoms with Crippen LogP contribution in [0.3, 0.4) is 0 Å². The highest BCUT2D eigenvalue weighted by atomic mass is 31.2.